The molecule has 1 aromatic carbocycles. The van der Waals surface area contributed by atoms with Crippen LogP contribution in [0.3, 0.4) is 0 Å². The first-order chi connectivity index (χ1) is 9.97. The number of carboxylic acids is 1. The molecule has 0 saturated carbocycles. The maximum Gasteiger partial charge on any atom is 0.387 e. The van der Waals surface area contributed by atoms with Gasteiger partial charge in [-0.05, 0) is 29.6 Å². The van der Waals surface area contributed by atoms with E-state index >= 15 is 0 Å². The molecule has 1 N–H and O–H groups in total. The molecule has 0 fully saturated rings. The predicted octanol–water partition coefficient (Wildman–Crippen LogP) is 4.28. The van der Waals surface area contributed by atoms with Crippen molar-refractivity contribution in [2.45, 2.75) is 13.2 Å². The summed E-state index contributed by atoms with van der Waals surface area (Å²) in [5.41, 5.74) is 0.297. The van der Waals surface area contributed by atoms with Crippen molar-refractivity contribution in [1.29, 1.82) is 0 Å². The third-order valence-corrected chi connectivity index (χ3v) is 3.56. The highest BCUT2D eigenvalue weighted by Gasteiger charge is 2.15. The average Bonchev–Trinajstić information content (AvgIpc) is 2.87. The molecular weight excluding hydrogens is 326 g/mol. The van der Waals surface area contributed by atoms with Crippen LogP contribution in [-0.4, -0.2) is 17.7 Å². The molecule has 2 rings (SSSR count). The van der Waals surface area contributed by atoms with Gasteiger partial charge in [0, 0.05) is 10.6 Å². The van der Waals surface area contributed by atoms with Crippen molar-refractivity contribution in [2.75, 3.05) is 0 Å². The maximum atomic E-state index is 12.3. The Bertz CT molecular complexity index is 645. The molecule has 0 spiro atoms. The summed E-state index contributed by atoms with van der Waals surface area (Å²) >= 11 is 6.81. The number of carboxylic acid groups (broad SMARTS) is 1. The van der Waals surface area contributed by atoms with Crippen molar-refractivity contribution in [3.63, 3.8) is 0 Å². The quantitative estimate of drug-likeness (QED) is 0.856. The number of thiophene rings is 1. The van der Waals surface area contributed by atoms with E-state index in [2.05, 4.69) is 4.74 Å². The first-order valence-electron chi connectivity index (χ1n) is 5.64. The predicted molar refractivity (Wildman–Crippen MR) is 73.7 cm³/mol. The van der Waals surface area contributed by atoms with Crippen LogP contribution < -0.4 is 9.47 Å². The molecule has 0 aliphatic rings. The molecule has 4 nitrogen and oxygen atoms in total. The van der Waals surface area contributed by atoms with Crippen LogP contribution in [0.15, 0.2) is 29.6 Å². The highest BCUT2D eigenvalue weighted by molar-refractivity contribution is 7.12. The molecule has 1 heterocycles. The van der Waals surface area contributed by atoms with Crippen LogP contribution in [0.5, 0.6) is 11.5 Å². The van der Waals surface area contributed by atoms with E-state index in [0.717, 1.165) is 11.3 Å². The van der Waals surface area contributed by atoms with Crippen molar-refractivity contribution >= 4 is 28.9 Å². The Morgan fingerprint density at radius 2 is 2.10 bits per heavy atom. The number of ether oxygens (including phenoxy) is 2. The van der Waals surface area contributed by atoms with Crippen LogP contribution >= 0.6 is 22.9 Å². The van der Waals surface area contributed by atoms with Crippen LogP contribution in [0.2, 0.25) is 5.02 Å². The van der Waals surface area contributed by atoms with Gasteiger partial charge >= 0.3 is 12.6 Å². The molecule has 0 saturated heterocycles. The Kier molecular flexibility index (Phi) is 4.98. The molecule has 0 atom stereocenters. The van der Waals surface area contributed by atoms with Crippen LogP contribution in [0.1, 0.15) is 15.2 Å². The van der Waals surface area contributed by atoms with Gasteiger partial charge in [-0.1, -0.05) is 11.6 Å². The molecule has 0 unspecified atom stereocenters. The van der Waals surface area contributed by atoms with Crippen LogP contribution in [0.25, 0.3) is 0 Å². The average molecular weight is 335 g/mol. The van der Waals surface area contributed by atoms with Crippen LogP contribution in [0, 0.1) is 0 Å². The summed E-state index contributed by atoms with van der Waals surface area (Å²) in [4.78, 5) is 11.0. The minimum Gasteiger partial charge on any atom is -0.487 e. The van der Waals surface area contributed by atoms with E-state index in [-0.39, 0.29) is 23.0 Å². The molecule has 8 heteroatoms. The number of aromatic carboxylic acids is 1. The van der Waals surface area contributed by atoms with Gasteiger partial charge in [0.1, 0.15) is 18.1 Å². The first-order valence-corrected chi connectivity index (χ1v) is 6.90. The van der Waals surface area contributed by atoms with Crippen molar-refractivity contribution in [3.8, 4) is 11.5 Å². The molecule has 2 aromatic rings. The second-order valence-electron chi connectivity index (χ2n) is 3.84. The number of hydrogen-bond donors (Lipinski definition) is 1. The van der Waals surface area contributed by atoms with Crippen LogP contribution in [0.4, 0.5) is 8.78 Å². The van der Waals surface area contributed by atoms with Gasteiger partial charge in [-0.3, -0.25) is 0 Å². The van der Waals surface area contributed by atoms with E-state index in [0.29, 0.717) is 10.6 Å². The zero-order valence-electron chi connectivity index (χ0n) is 10.4. The Balaban J connectivity index is 2.17. The summed E-state index contributed by atoms with van der Waals surface area (Å²) < 4.78 is 34.3. The summed E-state index contributed by atoms with van der Waals surface area (Å²) in [6, 6.07) is 5.63. The third-order valence-electron chi connectivity index (χ3n) is 2.45. The number of halogens is 3. The smallest absolute Gasteiger partial charge is 0.387 e. The van der Waals surface area contributed by atoms with Gasteiger partial charge in [-0.25, -0.2) is 4.79 Å². The molecule has 0 bridgehead atoms. The second-order valence-corrected chi connectivity index (χ2v) is 5.19. The lowest BCUT2D eigenvalue weighted by Gasteiger charge is -2.12. The van der Waals surface area contributed by atoms with Gasteiger partial charge < -0.3 is 14.6 Å². The topological polar surface area (TPSA) is 55.8 Å². The number of rotatable bonds is 6. The third kappa shape index (κ3) is 4.05. The van der Waals surface area contributed by atoms with Crippen molar-refractivity contribution < 1.29 is 28.2 Å². The van der Waals surface area contributed by atoms with Crippen LogP contribution in [-0.2, 0) is 6.61 Å². The SMILES string of the molecule is O=C(O)c1sccc1OCc1cc(Cl)ccc1OC(F)F. The van der Waals surface area contributed by atoms with E-state index in [1.165, 1.54) is 24.3 Å². The summed E-state index contributed by atoms with van der Waals surface area (Å²) in [5.74, 6) is -1.02. The van der Waals surface area contributed by atoms with E-state index in [1.54, 1.807) is 5.38 Å². The van der Waals surface area contributed by atoms with Gasteiger partial charge in [0.05, 0.1) is 0 Å². The van der Waals surface area contributed by atoms with Crippen molar-refractivity contribution in [1.82, 2.24) is 0 Å². The summed E-state index contributed by atoms with van der Waals surface area (Å²) in [5, 5.41) is 10.9. The standard InChI is InChI=1S/C13H9ClF2O4S/c14-8-1-2-9(20-13(15)16)7(5-8)6-19-10-3-4-21-11(10)12(17)18/h1-5,13H,6H2,(H,17,18). The Hall–Kier alpha value is -1.86. The van der Waals surface area contributed by atoms with E-state index in [4.69, 9.17) is 21.4 Å². The minimum absolute atomic E-state index is 0.0355. The Labute approximate surface area is 127 Å². The monoisotopic (exact) mass is 334 g/mol. The van der Waals surface area contributed by atoms with Gasteiger partial charge in [-0.15, -0.1) is 11.3 Å². The molecule has 0 aliphatic carbocycles. The summed E-state index contributed by atoms with van der Waals surface area (Å²) in [6.07, 6.45) is 0. The zero-order chi connectivity index (χ0) is 15.4. The van der Waals surface area contributed by atoms with Gasteiger partial charge in [0.25, 0.3) is 0 Å². The lowest BCUT2D eigenvalue weighted by molar-refractivity contribution is -0.0508. The second kappa shape index (κ2) is 6.73. The molecule has 1 aromatic heterocycles. The van der Waals surface area contributed by atoms with E-state index in [1.807, 2.05) is 0 Å². The van der Waals surface area contributed by atoms with Crippen molar-refractivity contribution in [3.05, 3.63) is 45.1 Å². The molecule has 112 valence electrons. The largest absolute Gasteiger partial charge is 0.487 e. The maximum absolute atomic E-state index is 12.3. The zero-order valence-corrected chi connectivity index (χ0v) is 12.0. The molecular formula is C13H9ClF2O4S. The molecule has 0 amide bonds. The van der Waals surface area contributed by atoms with Gasteiger partial charge in [0.2, 0.25) is 0 Å². The summed E-state index contributed by atoms with van der Waals surface area (Å²) in [6.45, 7) is -3.11. The number of benzene rings is 1. The fraction of sp³-hybridized carbons (Fsp3) is 0.154. The minimum atomic E-state index is -2.97. The van der Waals surface area contributed by atoms with E-state index in [9.17, 15) is 13.6 Å². The Morgan fingerprint density at radius 3 is 2.76 bits per heavy atom. The fourth-order valence-electron chi connectivity index (χ4n) is 1.59. The normalized spacial score (nSPS) is 10.7. The van der Waals surface area contributed by atoms with E-state index < -0.39 is 12.6 Å². The first kappa shape index (κ1) is 15.5. The number of carbonyl (C=O) groups is 1. The van der Waals surface area contributed by atoms with Gasteiger partial charge in [0.15, 0.2) is 4.88 Å². The number of alkyl halides is 2. The highest BCUT2D eigenvalue weighted by atomic mass is 35.5. The number of hydrogen-bond acceptors (Lipinski definition) is 4. The molecule has 0 radical (unpaired) electrons. The molecule has 0 aliphatic heterocycles. The summed E-state index contributed by atoms with van der Waals surface area (Å²) in [7, 11) is 0. The highest BCUT2D eigenvalue weighted by Crippen LogP contribution is 2.29. The van der Waals surface area contributed by atoms with Crippen molar-refractivity contribution in [2.24, 2.45) is 0 Å². The lowest BCUT2D eigenvalue weighted by Crippen LogP contribution is -2.06. The van der Waals surface area contributed by atoms with Gasteiger partial charge in [-0.2, -0.15) is 8.78 Å². The fourth-order valence-corrected chi connectivity index (χ4v) is 2.46. The Morgan fingerprint density at radius 1 is 1.33 bits per heavy atom. The lowest BCUT2D eigenvalue weighted by atomic mass is 10.2. The molecule has 21 heavy (non-hydrogen) atoms.